The Hall–Kier alpha value is -2.03. The van der Waals surface area contributed by atoms with Crippen LogP contribution in [0.15, 0.2) is 33.8 Å². The second-order valence-electron chi connectivity index (χ2n) is 6.51. The van der Waals surface area contributed by atoms with Crippen LogP contribution in [0.25, 0.3) is 10.9 Å². The van der Waals surface area contributed by atoms with Gasteiger partial charge in [-0.05, 0) is 13.0 Å². The number of hydrogen-bond donors (Lipinski definition) is 0. The van der Waals surface area contributed by atoms with Gasteiger partial charge in [-0.3, -0.25) is 4.90 Å². The Morgan fingerprint density at radius 3 is 2.70 bits per heavy atom. The molecule has 0 N–H and O–H groups in total. The van der Waals surface area contributed by atoms with Gasteiger partial charge in [-0.25, -0.2) is 9.97 Å². The standard InChI is InChI=1S/C19H23N5O2S/c1-3-16-21-18(26-23-16)13(2)27-19-14-6-4-5-7-15(14)20-17(22-19)12-24-8-10-25-11-9-24/h4-7,13H,3,8-12H2,1-2H3. The summed E-state index contributed by atoms with van der Waals surface area (Å²) in [6.07, 6.45) is 0.765. The maximum atomic E-state index is 5.43. The number of ether oxygens (including phenoxy) is 1. The third kappa shape index (κ3) is 4.28. The van der Waals surface area contributed by atoms with E-state index in [1.54, 1.807) is 11.8 Å². The summed E-state index contributed by atoms with van der Waals surface area (Å²) in [6, 6.07) is 8.13. The van der Waals surface area contributed by atoms with Crippen molar-refractivity contribution in [2.75, 3.05) is 26.3 Å². The third-order valence-electron chi connectivity index (χ3n) is 4.52. The van der Waals surface area contributed by atoms with E-state index in [1.807, 2.05) is 25.1 Å². The minimum Gasteiger partial charge on any atom is -0.379 e. The lowest BCUT2D eigenvalue weighted by Gasteiger charge is -2.26. The predicted octanol–water partition coefficient (Wildman–Crippen LogP) is 3.26. The van der Waals surface area contributed by atoms with E-state index in [0.29, 0.717) is 5.89 Å². The zero-order valence-corrected chi connectivity index (χ0v) is 16.4. The second-order valence-corrected chi connectivity index (χ2v) is 7.84. The molecule has 4 rings (SSSR count). The average molecular weight is 385 g/mol. The van der Waals surface area contributed by atoms with Crippen molar-refractivity contribution in [2.45, 2.75) is 37.1 Å². The molecule has 0 spiro atoms. The van der Waals surface area contributed by atoms with Gasteiger partial charge in [0.05, 0.1) is 30.5 Å². The number of thioether (sulfide) groups is 1. The van der Waals surface area contributed by atoms with Crippen LogP contribution in [0.4, 0.5) is 0 Å². The van der Waals surface area contributed by atoms with E-state index in [1.165, 1.54) is 0 Å². The van der Waals surface area contributed by atoms with Crippen molar-refractivity contribution in [1.82, 2.24) is 25.0 Å². The Labute approximate surface area is 162 Å². The predicted molar refractivity (Wildman–Crippen MR) is 104 cm³/mol. The first-order valence-electron chi connectivity index (χ1n) is 9.28. The van der Waals surface area contributed by atoms with Crippen LogP contribution in [0, 0.1) is 0 Å². The summed E-state index contributed by atoms with van der Waals surface area (Å²) in [5.41, 5.74) is 0.963. The van der Waals surface area contributed by atoms with E-state index in [2.05, 4.69) is 28.0 Å². The molecule has 0 radical (unpaired) electrons. The molecule has 7 nitrogen and oxygen atoms in total. The highest BCUT2D eigenvalue weighted by atomic mass is 32.2. The molecule has 1 aliphatic rings. The SMILES string of the molecule is CCc1noc(C(C)Sc2nc(CN3CCOCC3)nc3ccccc23)n1. The minimum atomic E-state index is 0.0207. The van der Waals surface area contributed by atoms with E-state index in [-0.39, 0.29) is 5.25 Å². The first kappa shape index (κ1) is 18.3. The van der Waals surface area contributed by atoms with Crippen LogP contribution in [0.3, 0.4) is 0 Å². The fraction of sp³-hybridized carbons (Fsp3) is 0.474. The summed E-state index contributed by atoms with van der Waals surface area (Å²) >= 11 is 1.64. The molecule has 2 aromatic heterocycles. The summed E-state index contributed by atoms with van der Waals surface area (Å²) in [6.45, 7) is 8.18. The first-order chi connectivity index (χ1) is 13.2. The summed E-state index contributed by atoms with van der Waals surface area (Å²) in [5, 5.41) is 6.03. The van der Waals surface area contributed by atoms with Gasteiger partial charge in [-0.2, -0.15) is 4.98 Å². The van der Waals surface area contributed by atoms with Crippen LogP contribution in [0.2, 0.25) is 0 Å². The number of nitrogens with zero attached hydrogens (tertiary/aromatic N) is 5. The van der Waals surface area contributed by atoms with Crippen molar-refractivity contribution in [1.29, 1.82) is 0 Å². The fourth-order valence-electron chi connectivity index (χ4n) is 3.01. The number of aryl methyl sites for hydroxylation is 1. The summed E-state index contributed by atoms with van der Waals surface area (Å²) in [4.78, 5) is 16.4. The van der Waals surface area contributed by atoms with Gasteiger partial charge in [0.1, 0.15) is 10.9 Å². The summed E-state index contributed by atoms with van der Waals surface area (Å²) in [5.74, 6) is 2.21. The molecule has 1 atom stereocenters. The zero-order valence-electron chi connectivity index (χ0n) is 15.6. The molecular formula is C19H23N5O2S. The number of aromatic nitrogens is 4. The number of hydrogen-bond acceptors (Lipinski definition) is 8. The number of rotatable bonds is 6. The monoisotopic (exact) mass is 385 g/mol. The number of benzene rings is 1. The van der Waals surface area contributed by atoms with Gasteiger partial charge in [-0.15, -0.1) is 0 Å². The smallest absolute Gasteiger partial charge is 0.239 e. The van der Waals surface area contributed by atoms with Crippen molar-refractivity contribution in [2.24, 2.45) is 0 Å². The lowest BCUT2D eigenvalue weighted by Crippen LogP contribution is -2.36. The van der Waals surface area contributed by atoms with Crippen LogP contribution in [0.1, 0.15) is 36.6 Å². The van der Waals surface area contributed by atoms with Gasteiger partial charge in [-0.1, -0.05) is 42.0 Å². The van der Waals surface area contributed by atoms with Crippen molar-refractivity contribution in [3.05, 3.63) is 41.8 Å². The molecule has 8 heteroatoms. The number of para-hydroxylation sites is 1. The van der Waals surface area contributed by atoms with Gasteiger partial charge >= 0.3 is 0 Å². The Morgan fingerprint density at radius 2 is 1.93 bits per heavy atom. The van der Waals surface area contributed by atoms with Crippen LogP contribution < -0.4 is 0 Å². The highest BCUT2D eigenvalue weighted by Crippen LogP contribution is 2.36. The highest BCUT2D eigenvalue weighted by molar-refractivity contribution is 7.99. The summed E-state index contributed by atoms with van der Waals surface area (Å²) < 4.78 is 10.8. The molecule has 0 saturated carbocycles. The van der Waals surface area contributed by atoms with Crippen molar-refractivity contribution < 1.29 is 9.26 Å². The van der Waals surface area contributed by atoms with Crippen LogP contribution in [-0.2, 0) is 17.7 Å². The molecule has 1 aliphatic heterocycles. The molecule has 1 aromatic carbocycles. The molecular weight excluding hydrogens is 362 g/mol. The Kier molecular flexibility index (Phi) is 5.66. The van der Waals surface area contributed by atoms with Gasteiger partial charge in [0, 0.05) is 24.9 Å². The maximum absolute atomic E-state index is 5.43. The fourth-order valence-corrected chi connectivity index (χ4v) is 4.00. The lowest BCUT2D eigenvalue weighted by atomic mass is 10.2. The number of morpholine rings is 1. The van der Waals surface area contributed by atoms with Crippen LogP contribution >= 0.6 is 11.8 Å². The highest BCUT2D eigenvalue weighted by Gasteiger charge is 2.19. The first-order valence-corrected chi connectivity index (χ1v) is 10.2. The van der Waals surface area contributed by atoms with E-state index in [0.717, 1.165) is 66.8 Å². The molecule has 3 heterocycles. The van der Waals surface area contributed by atoms with Crippen molar-refractivity contribution >= 4 is 22.7 Å². The second kappa shape index (κ2) is 8.33. The molecule has 1 saturated heterocycles. The Balaban J connectivity index is 1.61. The van der Waals surface area contributed by atoms with Gasteiger partial charge < -0.3 is 9.26 Å². The van der Waals surface area contributed by atoms with Crippen LogP contribution in [0.5, 0.6) is 0 Å². The Morgan fingerprint density at radius 1 is 1.11 bits per heavy atom. The van der Waals surface area contributed by atoms with Gasteiger partial charge in [0.15, 0.2) is 5.82 Å². The van der Waals surface area contributed by atoms with Gasteiger partial charge in [0.25, 0.3) is 0 Å². The van der Waals surface area contributed by atoms with E-state index < -0.39 is 0 Å². The Bertz CT molecular complexity index is 910. The van der Waals surface area contributed by atoms with Crippen molar-refractivity contribution in [3.8, 4) is 0 Å². The normalized spacial score (nSPS) is 16.7. The average Bonchev–Trinajstić information content (AvgIpc) is 3.18. The zero-order chi connectivity index (χ0) is 18.6. The number of fused-ring (bicyclic) bond motifs is 1. The van der Waals surface area contributed by atoms with E-state index in [9.17, 15) is 0 Å². The van der Waals surface area contributed by atoms with E-state index in [4.69, 9.17) is 19.2 Å². The van der Waals surface area contributed by atoms with Crippen molar-refractivity contribution in [3.63, 3.8) is 0 Å². The quantitative estimate of drug-likeness (QED) is 0.473. The molecule has 0 aliphatic carbocycles. The molecule has 1 unspecified atom stereocenters. The summed E-state index contributed by atoms with van der Waals surface area (Å²) in [7, 11) is 0. The van der Waals surface area contributed by atoms with Crippen LogP contribution in [-0.4, -0.2) is 51.3 Å². The maximum Gasteiger partial charge on any atom is 0.239 e. The molecule has 3 aromatic rings. The lowest BCUT2D eigenvalue weighted by molar-refractivity contribution is 0.0330. The molecule has 27 heavy (non-hydrogen) atoms. The topological polar surface area (TPSA) is 77.2 Å². The van der Waals surface area contributed by atoms with E-state index >= 15 is 0 Å². The molecule has 142 valence electrons. The molecule has 1 fully saturated rings. The largest absolute Gasteiger partial charge is 0.379 e. The van der Waals surface area contributed by atoms with Gasteiger partial charge in [0.2, 0.25) is 5.89 Å². The molecule has 0 amide bonds. The third-order valence-corrected chi connectivity index (χ3v) is 5.61. The molecule has 0 bridgehead atoms. The minimum absolute atomic E-state index is 0.0207.